The van der Waals surface area contributed by atoms with Gasteiger partial charge in [-0.1, -0.05) is 13.8 Å². The maximum absolute atomic E-state index is 12.8. The minimum absolute atomic E-state index is 0.0459. The van der Waals surface area contributed by atoms with Crippen LogP contribution in [-0.2, 0) is 6.18 Å². The average molecular weight is 286 g/mol. The molecule has 3 nitrogen and oxygen atoms in total. The molecule has 0 spiro atoms. The van der Waals surface area contributed by atoms with E-state index in [-0.39, 0.29) is 18.2 Å². The van der Waals surface area contributed by atoms with Crippen LogP contribution in [0.5, 0.6) is 0 Å². The van der Waals surface area contributed by atoms with Crippen LogP contribution in [0.3, 0.4) is 0 Å². The molecule has 0 heterocycles. The first-order chi connectivity index (χ1) is 9.08. The Morgan fingerprint density at radius 2 is 1.95 bits per heavy atom. The molecule has 1 unspecified atom stereocenters. The summed E-state index contributed by atoms with van der Waals surface area (Å²) in [5.74, 6) is -0.0459. The number of nitrogens with one attached hydrogen (secondary N) is 1. The molecule has 1 aromatic carbocycles. The molecule has 0 saturated heterocycles. The van der Waals surface area contributed by atoms with Crippen LogP contribution >= 0.6 is 0 Å². The third-order valence-corrected chi connectivity index (χ3v) is 3.34. The number of benzene rings is 1. The zero-order chi connectivity index (χ0) is 15.6. The van der Waals surface area contributed by atoms with Crippen LogP contribution in [-0.4, -0.2) is 17.3 Å². The Bertz CT molecular complexity index is 516. The van der Waals surface area contributed by atoms with Crippen molar-refractivity contribution < 1.29 is 18.3 Å². The van der Waals surface area contributed by atoms with Gasteiger partial charge in [0, 0.05) is 12.2 Å². The molecular formula is C14H17F3N2O. The zero-order valence-corrected chi connectivity index (χ0v) is 11.5. The predicted molar refractivity (Wildman–Crippen MR) is 70.1 cm³/mol. The smallest absolute Gasteiger partial charge is 0.388 e. The van der Waals surface area contributed by atoms with Crippen molar-refractivity contribution in [2.24, 2.45) is 5.92 Å². The van der Waals surface area contributed by atoms with Crippen molar-refractivity contribution in [3.8, 4) is 6.07 Å². The number of hydrogen-bond acceptors (Lipinski definition) is 3. The molecule has 0 aromatic heterocycles. The van der Waals surface area contributed by atoms with E-state index in [1.165, 1.54) is 12.1 Å². The summed E-state index contributed by atoms with van der Waals surface area (Å²) in [6, 6.07) is 4.92. The first kappa shape index (κ1) is 16.3. The number of nitrogens with zero attached hydrogens (tertiary/aromatic N) is 1. The lowest BCUT2D eigenvalue weighted by molar-refractivity contribution is -0.137. The van der Waals surface area contributed by atoms with Crippen LogP contribution in [0, 0.1) is 17.2 Å². The molecule has 1 rings (SSSR count). The van der Waals surface area contributed by atoms with Crippen molar-refractivity contribution in [2.75, 3.05) is 11.9 Å². The van der Waals surface area contributed by atoms with Gasteiger partial charge in [0.2, 0.25) is 0 Å². The van der Waals surface area contributed by atoms with Crippen LogP contribution in [0.4, 0.5) is 18.9 Å². The van der Waals surface area contributed by atoms with E-state index in [1.54, 1.807) is 6.92 Å². The fraction of sp³-hybridized carbons (Fsp3) is 0.500. The van der Waals surface area contributed by atoms with Crippen molar-refractivity contribution in [1.29, 1.82) is 5.26 Å². The Morgan fingerprint density at radius 3 is 2.40 bits per heavy atom. The summed E-state index contributed by atoms with van der Waals surface area (Å²) in [4.78, 5) is 0. The third-order valence-electron chi connectivity index (χ3n) is 3.34. The molecular weight excluding hydrogens is 269 g/mol. The number of nitriles is 1. The summed E-state index contributed by atoms with van der Waals surface area (Å²) in [6.45, 7) is 5.37. The standard InChI is InChI=1S/C14H17F3N2O/c1-9(2)13(3,20)8-19-11-5-4-10(7-18)12(6-11)14(15,16)17/h4-6,9,19-20H,8H2,1-3H3. The summed E-state index contributed by atoms with van der Waals surface area (Å²) in [6.07, 6.45) is -4.58. The first-order valence-corrected chi connectivity index (χ1v) is 6.15. The lowest BCUT2D eigenvalue weighted by Gasteiger charge is -2.28. The lowest BCUT2D eigenvalue weighted by Crippen LogP contribution is -2.38. The van der Waals surface area contributed by atoms with E-state index in [0.29, 0.717) is 0 Å². The van der Waals surface area contributed by atoms with Gasteiger partial charge in [0.05, 0.1) is 22.8 Å². The van der Waals surface area contributed by atoms with E-state index in [4.69, 9.17) is 5.26 Å². The van der Waals surface area contributed by atoms with Crippen LogP contribution < -0.4 is 5.32 Å². The molecule has 0 fully saturated rings. The summed E-state index contributed by atoms with van der Waals surface area (Å²) in [7, 11) is 0. The van der Waals surface area contributed by atoms with Crippen LogP contribution in [0.1, 0.15) is 31.9 Å². The van der Waals surface area contributed by atoms with E-state index in [0.717, 1.165) is 12.1 Å². The molecule has 2 N–H and O–H groups in total. The molecule has 0 aliphatic rings. The van der Waals surface area contributed by atoms with Gasteiger partial charge >= 0.3 is 6.18 Å². The number of aliphatic hydroxyl groups is 1. The Morgan fingerprint density at radius 1 is 1.35 bits per heavy atom. The minimum Gasteiger partial charge on any atom is -0.388 e. The van der Waals surface area contributed by atoms with Crippen molar-refractivity contribution in [1.82, 2.24) is 0 Å². The quantitative estimate of drug-likeness (QED) is 0.892. The van der Waals surface area contributed by atoms with Gasteiger partial charge in [-0.15, -0.1) is 0 Å². The molecule has 0 aliphatic heterocycles. The lowest BCUT2D eigenvalue weighted by atomic mass is 9.92. The van der Waals surface area contributed by atoms with Gasteiger partial charge in [-0.2, -0.15) is 18.4 Å². The molecule has 0 radical (unpaired) electrons. The van der Waals surface area contributed by atoms with Crippen molar-refractivity contribution in [2.45, 2.75) is 32.5 Å². The molecule has 1 atom stereocenters. The minimum atomic E-state index is -4.58. The number of halogens is 3. The highest BCUT2D eigenvalue weighted by Gasteiger charge is 2.34. The second-order valence-corrected chi connectivity index (χ2v) is 5.24. The van der Waals surface area contributed by atoms with Gasteiger partial charge < -0.3 is 10.4 Å². The van der Waals surface area contributed by atoms with E-state index in [1.807, 2.05) is 13.8 Å². The third kappa shape index (κ3) is 3.87. The van der Waals surface area contributed by atoms with Gasteiger partial charge in [-0.05, 0) is 31.0 Å². The van der Waals surface area contributed by atoms with Crippen LogP contribution in [0.15, 0.2) is 18.2 Å². The summed E-state index contributed by atoms with van der Waals surface area (Å²) in [5.41, 5.74) is -2.21. The average Bonchev–Trinajstić information content (AvgIpc) is 2.35. The highest BCUT2D eigenvalue weighted by atomic mass is 19.4. The van der Waals surface area contributed by atoms with Crippen LogP contribution in [0.25, 0.3) is 0 Å². The number of rotatable bonds is 4. The topological polar surface area (TPSA) is 56.0 Å². The molecule has 6 heteroatoms. The molecule has 0 saturated carbocycles. The molecule has 0 amide bonds. The van der Waals surface area contributed by atoms with E-state index in [2.05, 4.69) is 5.32 Å². The van der Waals surface area contributed by atoms with Crippen molar-refractivity contribution in [3.05, 3.63) is 29.3 Å². The van der Waals surface area contributed by atoms with E-state index >= 15 is 0 Å². The summed E-state index contributed by atoms with van der Waals surface area (Å²) >= 11 is 0. The van der Waals surface area contributed by atoms with Gasteiger partial charge in [0.15, 0.2) is 0 Å². The molecule has 1 aromatic rings. The maximum Gasteiger partial charge on any atom is 0.417 e. The second-order valence-electron chi connectivity index (χ2n) is 5.24. The van der Waals surface area contributed by atoms with Crippen molar-refractivity contribution >= 4 is 5.69 Å². The Balaban J connectivity index is 2.97. The molecule has 0 aliphatic carbocycles. The first-order valence-electron chi connectivity index (χ1n) is 6.15. The van der Waals surface area contributed by atoms with Crippen LogP contribution in [0.2, 0.25) is 0 Å². The Hall–Kier alpha value is -1.74. The largest absolute Gasteiger partial charge is 0.417 e. The molecule has 110 valence electrons. The van der Waals surface area contributed by atoms with Crippen molar-refractivity contribution in [3.63, 3.8) is 0 Å². The van der Waals surface area contributed by atoms with E-state index in [9.17, 15) is 18.3 Å². The Labute approximate surface area is 116 Å². The SMILES string of the molecule is CC(C)C(C)(O)CNc1ccc(C#N)c(C(F)(F)F)c1. The maximum atomic E-state index is 12.8. The number of hydrogen-bond donors (Lipinski definition) is 2. The number of anilines is 1. The normalized spacial score (nSPS) is 14.8. The van der Waals surface area contributed by atoms with E-state index < -0.39 is 22.9 Å². The highest BCUT2D eigenvalue weighted by molar-refractivity contribution is 5.53. The fourth-order valence-electron chi connectivity index (χ4n) is 1.47. The van der Waals surface area contributed by atoms with Gasteiger partial charge in [-0.3, -0.25) is 0 Å². The molecule has 0 bridgehead atoms. The zero-order valence-electron chi connectivity index (χ0n) is 11.5. The second kappa shape index (κ2) is 5.71. The Kier molecular flexibility index (Phi) is 4.66. The monoisotopic (exact) mass is 286 g/mol. The molecule has 20 heavy (non-hydrogen) atoms. The van der Waals surface area contributed by atoms with Gasteiger partial charge in [0.1, 0.15) is 0 Å². The fourth-order valence-corrected chi connectivity index (χ4v) is 1.47. The summed E-state index contributed by atoms with van der Waals surface area (Å²) in [5, 5.41) is 21.5. The highest BCUT2D eigenvalue weighted by Crippen LogP contribution is 2.33. The summed E-state index contributed by atoms with van der Waals surface area (Å²) < 4.78 is 38.4. The van der Waals surface area contributed by atoms with Gasteiger partial charge in [-0.25, -0.2) is 0 Å². The van der Waals surface area contributed by atoms with Gasteiger partial charge in [0.25, 0.3) is 0 Å². The predicted octanol–water partition coefficient (Wildman–Crippen LogP) is 3.40. The number of alkyl halides is 3.